The third kappa shape index (κ3) is 7.01. The van der Waals surface area contributed by atoms with Gasteiger partial charge in [-0.2, -0.15) is 0 Å². The highest BCUT2D eigenvalue weighted by atomic mass is 32.2. The van der Waals surface area contributed by atoms with Crippen LogP contribution in [0.15, 0.2) is 77.7 Å². The van der Waals surface area contributed by atoms with Crippen LogP contribution in [0, 0.1) is 20.8 Å². The van der Waals surface area contributed by atoms with Crippen molar-refractivity contribution in [3.8, 4) is 0 Å². The average Bonchev–Trinajstić information content (AvgIpc) is 2.89. The first-order chi connectivity index (χ1) is 18.0. The Bertz CT molecular complexity index is 1370. The lowest BCUT2D eigenvalue weighted by Gasteiger charge is -2.32. The number of rotatable bonds is 11. The van der Waals surface area contributed by atoms with Crippen LogP contribution < -0.4 is 9.62 Å². The van der Waals surface area contributed by atoms with Crippen LogP contribution in [0.4, 0.5) is 5.69 Å². The van der Waals surface area contributed by atoms with Crippen LogP contribution in [0.25, 0.3) is 0 Å². The minimum absolute atomic E-state index is 0.0941. The highest BCUT2D eigenvalue weighted by molar-refractivity contribution is 7.92. The lowest BCUT2D eigenvalue weighted by molar-refractivity contribution is -0.139. The molecule has 7 nitrogen and oxygen atoms in total. The van der Waals surface area contributed by atoms with E-state index in [0.717, 1.165) is 33.0 Å². The Kier molecular flexibility index (Phi) is 9.69. The first-order valence-electron chi connectivity index (χ1n) is 12.8. The summed E-state index contributed by atoms with van der Waals surface area (Å²) in [6, 6.07) is 20.4. The van der Waals surface area contributed by atoms with Gasteiger partial charge in [0, 0.05) is 13.1 Å². The Morgan fingerprint density at radius 3 is 2.21 bits per heavy atom. The van der Waals surface area contributed by atoms with Crippen LogP contribution in [0.3, 0.4) is 0 Å². The van der Waals surface area contributed by atoms with Crippen LogP contribution in [0.5, 0.6) is 0 Å². The number of aryl methyl sites for hydroxylation is 3. The van der Waals surface area contributed by atoms with Crippen molar-refractivity contribution in [2.45, 2.75) is 58.5 Å². The van der Waals surface area contributed by atoms with Gasteiger partial charge in [0.05, 0.1) is 10.6 Å². The summed E-state index contributed by atoms with van der Waals surface area (Å²) in [5, 5.41) is 2.86. The van der Waals surface area contributed by atoms with E-state index in [2.05, 4.69) is 5.32 Å². The summed E-state index contributed by atoms with van der Waals surface area (Å²) in [7, 11) is -4.07. The number of sulfonamides is 1. The second-order valence-corrected chi connectivity index (χ2v) is 11.4. The summed E-state index contributed by atoms with van der Waals surface area (Å²) in [5.74, 6) is -0.748. The molecule has 1 unspecified atom stereocenters. The zero-order chi connectivity index (χ0) is 27.9. The lowest BCUT2D eigenvalue weighted by Crippen LogP contribution is -2.51. The van der Waals surface area contributed by atoms with Crippen molar-refractivity contribution in [3.05, 3.63) is 95.1 Å². The fourth-order valence-corrected chi connectivity index (χ4v) is 5.50. The Balaban J connectivity index is 2.03. The van der Waals surface area contributed by atoms with Crippen LogP contribution in [-0.2, 0) is 26.2 Å². The standard InChI is InChI=1S/C30H37N3O4S/c1-6-18-31-30(35)25(5)32(20-26-12-8-7-11-24(26)4)29(34)21-33(27-13-9-10-23(3)19-27)38(36,37)28-16-14-22(2)15-17-28/h7-17,19,25H,6,18,20-21H2,1-5H3,(H,31,35). The number of nitrogens with one attached hydrogen (secondary N) is 1. The maximum Gasteiger partial charge on any atom is 0.264 e. The Morgan fingerprint density at radius 2 is 1.58 bits per heavy atom. The van der Waals surface area contributed by atoms with Crippen molar-refractivity contribution < 1.29 is 18.0 Å². The molecule has 3 aromatic carbocycles. The van der Waals surface area contributed by atoms with E-state index in [-0.39, 0.29) is 17.3 Å². The molecule has 2 amide bonds. The van der Waals surface area contributed by atoms with Gasteiger partial charge >= 0.3 is 0 Å². The first kappa shape index (κ1) is 28.9. The van der Waals surface area contributed by atoms with Gasteiger partial charge in [-0.3, -0.25) is 13.9 Å². The number of carbonyl (C=O) groups is 2. The van der Waals surface area contributed by atoms with Gasteiger partial charge in [0.1, 0.15) is 12.6 Å². The zero-order valence-electron chi connectivity index (χ0n) is 22.8. The Morgan fingerprint density at radius 1 is 0.895 bits per heavy atom. The Hall–Kier alpha value is -3.65. The van der Waals surface area contributed by atoms with Crippen molar-refractivity contribution in [2.24, 2.45) is 0 Å². The minimum Gasteiger partial charge on any atom is -0.354 e. The van der Waals surface area contributed by atoms with Crippen molar-refractivity contribution in [1.82, 2.24) is 10.2 Å². The molecule has 0 heterocycles. The van der Waals surface area contributed by atoms with E-state index < -0.39 is 28.5 Å². The number of nitrogens with zero attached hydrogens (tertiary/aromatic N) is 2. The molecule has 0 bridgehead atoms. The summed E-state index contributed by atoms with van der Waals surface area (Å²) in [6.07, 6.45) is 0.764. The third-order valence-corrected chi connectivity index (χ3v) is 8.28. The molecule has 0 saturated carbocycles. The molecule has 3 rings (SSSR count). The summed E-state index contributed by atoms with van der Waals surface area (Å²) < 4.78 is 28.8. The van der Waals surface area contributed by atoms with Gasteiger partial charge in [-0.1, -0.05) is 61.0 Å². The van der Waals surface area contributed by atoms with Gasteiger partial charge in [-0.25, -0.2) is 8.42 Å². The first-order valence-corrected chi connectivity index (χ1v) is 14.3. The molecular weight excluding hydrogens is 498 g/mol. The molecule has 3 aromatic rings. The van der Waals surface area contributed by atoms with Gasteiger partial charge in [0.2, 0.25) is 11.8 Å². The quantitative estimate of drug-likeness (QED) is 0.384. The largest absolute Gasteiger partial charge is 0.354 e. The Labute approximate surface area is 226 Å². The second-order valence-electron chi connectivity index (χ2n) is 9.58. The van der Waals surface area contributed by atoms with Crippen molar-refractivity contribution in [2.75, 3.05) is 17.4 Å². The molecule has 0 aromatic heterocycles. The van der Waals surface area contributed by atoms with E-state index in [1.807, 2.05) is 58.0 Å². The van der Waals surface area contributed by atoms with Gasteiger partial charge in [0.25, 0.3) is 10.0 Å². The molecule has 202 valence electrons. The molecular formula is C30H37N3O4S. The SMILES string of the molecule is CCCNC(=O)C(C)N(Cc1ccccc1C)C(=O)CN(c1cccc(C)c1)S(=O)(=O)c1ccc(C)cc1. The number of benzene rings is 3. The summed E-state index contributed by atoms with van der Waals surface area (Å²) in [5.41, 5.74) is 4.05. The molecule has 1 N–H and O–H groups in total. The molecule has 0 fully saturated rings. The van der Waals surface area contributed by atoms with Crippen molar-refractivity contribution >= 4 is 27.5 Å². The van der Waals surface area contributed by atoms with Gasteiger partial charge in [-0.15, -0.1) is 0 Å². The smallest absolute Gasteiger partial charge is 0.264 e. The van der Waals surface area contributed by atoms with Crippen LogP contribution in [-0.4, -0.2) is 44.3 Å². The monoisotopic (exact) mass is 535 g/mol. The second kappa shape index (κ2) is 12.7. The van der Waals surface area contributed by atoms with E-state index in [0.29, 0.717) is 12.2 Å². The normalized spacial score (nSPS) is 12.0. The van der Waals surface area contributed by atoms with Gasteiger partial charge in [-0.05, 0) is 75.1 Å². The van der Waals surface area contributed by atoms with Crippen LogP contribution in [0.1, 0.15) is 42.5 Å². The van der Waals surface area contributed by atoms with Crippen LogP contribution in [0.2, 0.25) is 0 Å². The lowest BCUT2D eigenvalue weighted by atomic mass is 10.1. The van der Waals surface area contributed by atoms with Gasteiger partial charge in [0.15, 0.2) is 0 Å². The van der Waals surface area contributed by atoms with E-state index in [9.17, 15) is 18.0 Å². The molecule has 0 spiro atoms. The highest BCUT2D eigenvalue weighted by Crippen LogP contribution is 2.26. The number of hydrogen-bond acceptors (Lipinski definition) is 4. The topological polar surface area (TPSA) is 86.8 Å². The molecule has 0 radical (unpaired) electrons. The van der Waals surface area contributed by atoms with E-state index in [4.69, 9.17) is 0 Å². The molecule has 0 saturated heterocycles. The van der Waals surface area contributed by atoms with E-state index in [1.165, 1.54) is 4.90 Å². The number of hydrogen-bond donors (Lipinski definition) is 1. The van der Waals surface area contributed by atoms with E-state index >= 15 is 0 Å². The molecule has 0 aliphatic heterocycles. The zero-order valence-corrected chi connectivity index (χ0v) is 23.6. The number of amides is 2. The predicted molar refractivity (Wildman–Crippen MR) is 151 cm³/mol. The fraction of sp³-hybridized carbons (Fsp3) is 0.333. The summed E-state index contributed by atoms with van der Waals surface area (Å²) >= 11 is 0. The fourth-order valence-electron chi connectivity index (χ4n) is 4.10. The molecule has 8 heteroatoms. The third-order valence-electron chi connectivity index (χ3n) is 6.50. The maximum atomic E-state index is 13.9. The number of anilines is 1. The number of carbonyl (C=O) groups excluding carboxylic acids is 2. The maximum absolute atomic E-state index is 13.9. The van der Waals surface area contributed by atoms with Crippen molar-refractivity contribution in [3.63, 3.8) is 0 Å². The summed E-state index contributed by atoms with van der Waals surface area (Å²) in [6.45, 7) is 9.55. The molecule has 1 atom stereocenters. The molecule has 0 aliphatic carbocycles. The molecule has 0 aliphatic rings. The molecule has 38 heavy (non-hydrogen) atoms. The minimum atomic E-state index is -4.07. The van der Waals surface area contributed by atoms with Gasteiger partial charge < -0.3 is 10.2 Å². The predicted octanol–water partition coefficient (Wildman–Crippen LogP) is 4.75. The summed E-state index contributed by atoms with van der Waals surface area (Å²) in [4.78, 5) is 28.4. The van der Waals surface area contributed by atoms with Crippen LogP contribution >= 0.6 is 0 Å². The van der Waals surface area contributed by atoms with E-state index in [1.54, 1.807) is 49.4 Å². The van der Waals surface area contributed by atoms with Crippen molar-refractivity contribution in [1.29, 1.82) is 0 Å². The highest BCUT2D eigenvalue weighted by Gasteiger charge is 2.32. The average molecular weight is 536 g/mol.